The summed E-state index contributed by atoms with van der Waals surface area (Å²) in [6.45, 7) is 0.858. The molecule has 1 amide bonds. The third-order valence-electron chi connectivity index (χ3n) is 4.30. The minimum atomic E-state index is -4.36. The van der Waals surface area contributed by atoms with E-state index in [1.165, 1.54) is 23.2 Å². The van der Waals surface area contributed by atoms with Crippen LogP contribution < -0.4 is 0 Å². The van der Waals surface area contributed by atoms with Crippen LogP contribution in [0.1, 0.15) is 22.0 Å². The Morgan fingerprint density at radius 2 is 1.68 bits per heavy atom. The Balaban J connectivity index is 1.71. The van der Waals surface area contributed by atoms with Crippen LogP contribution in [0.5, 0.6) is 0 Å². The smallest absolute Gasteiger partial charge is 0.336 e. The number of rotatable bonds is 3. The zero-order chi connectivity index (χ0) is 17.9. The molecule has 0 saturated carbocycles. The van der Waals surface area contributed by atoms with Gasteiger partial charge in [-0.15, -0.1) is 0 Å². The number of hydrogen-bond donors (Lipinski definition) is 0. The molecule has 1 aliphatic heterocycles. The Morgan fingerprint density at radius 1 is 1.00 bits per heavy atom. The standard InChI is InChI=1S/C18H18F3N3O/c19-18(20,21)16(14-5-2-1-3-6-14)23-9-11-24(12-10-23)17(25)15-7-4-8-22-13-15/h1-8,13,16H,9-12H2. The van der Waals surface area contributed by atoms with E-state index in [9.17, 15) is 18.0 Å². The first-order valence-corrected chi connectivity index (χ1v) is 8.02. The predicted molar refractivity (Wildman–Crippen MR) is 87.0 cm³/mol. The van der Waals surface area contributed by atoms with Crippen LogP contribution in [0, 0.1) is 0 Å². The Kier molecular flexibility index (Phi) is 5.03. The van der Waals surface area contributed by atoms with E-state index in [1.807, 2.05) is 0 Å². The van der Waals surface area contributed by atoms with E-state index in [1.54, 1.807) is 41.4 Å². The normalized spacial score (nSPS) is 17.3. The molecule has 25 heavy (non-hydrogen) atoms. The van der Waals surface area contributed by atoms with Crippen LogP contribution in [-0.4, -0.2) is 53.0 Å². The van der Waals surface area contributed by atoms with E-state index >= 15 is 0 Å². The molecule has 1 unspecified atom stereocenters. The van der Waals surface area contributed by atoms with E-state index in [4.69, 9.17) is 0 Å². The summed E-state index contributed by atoms with van der Waals surface area (Å²) >= 11 is 0. The van der Waals surface area contributed by atoms with Crippen LogP contribution in [0.2, 0.25) is 0 Å². The molecule has 4 nitrogen and oxygen atoms in total. The van der Waals surface area contributed by atoms with Gasteiger partial charge in [0.25, 0.3) is 5.91 Å². The van der Waals surface area contributed by atoms with Gasteiger partial charge in [0, 0.05) is 38.6 Å². The summed E-state index contributed by atoms with van der Waals surface area (Å²) in [5, 5.41) is 0. The summed E-state index contributed by atoms with van der Waals surface area (Å²) in [4.78, 5) is 19.3. The molecule has 0 spiro atoms. The Morgan fingerprint density at radius 3 is 2.24 bits per heavy atom. The number of amides is 1. The van der Waals surface area contributed by atoms with Gasteiger partial charge in [0.15, 0.2) is 0 Å². The number of alkyl halides is 3. The van der Waals surface area contributed by atoms with E-state index in [-0.39, 0.29) is 37.6 Å². The first-order valence-electron chi connectivity index (χ1n) is 8.02. The van der Waals surface area contributed by atoms with Gasteiger partial charge in [0.2, 0.25) is 0 Å². The minimum absolute atomic E-state index is 0.172. The average Bonchev–Trinajstić information content (AvgIpc) is 2.62. The quantitative estimate of drug-likeness (QED) is 0.854. The molecule has 1 fully saturated rings. The third kappa shape index (κ3) is 3.99. The first-order chi connectivity index (χ1) is 12.0. The highest BCUT2D eigenvalue weighted by Gasteiger charge is 2.45. The largest absolute Gasteiger partial charge is 0.408 e. The van der Waals surface area contributed by atoms with Gasteiger partial charge in [0.1, 0.15) is 6.04 Å². The highest BCUT2D eigenvalue weighted by atomic mass is 19.4. The summed E-state index contributed by atoms with van der Waals surface area (Å²) in [6.07, 6.45) is -1.32. The maximum atomic E-state index is 13.6. The Hall–Kier alpha value is -2.41. The maximum Gasteiger partial charge on any atom is 0.408 e. The fourth-order valence-electron chi connectivity index (χ4n) is 3.10. The average molecular weight is 349 g/mol. The van der Waals surface area contributed by atoms with Crippen molar-refractivity contribution in [1.29, 1.82) is 0 Å². The Bertz CT molecular complexity index is 699. The van der Waals surface area contributed by atoms with Crippen molar-refractivity contribution in [1.82, 2.24) is 14.8 Å². The molecule has 0 aliphatic carbocycles. The molecule has 1 aromatic carbocycles. The molecule has 7 heteroatoms. The van der Waals surface area contributed by atoms with Gasteiger partial charge in [-0.25, -0.2) is 0 Å². The summed E-state index contributed by atoms with van der Waals surface area (Å²) in [5.41, 5.74) is 0.674. The number of benzene rings is 1. The van der Waals surface area contributed by atoms with Gasteiger partial charge in [-0.2, -0.15) is 13.2 Å². The van der Waals surface area contributed by atoms with Gasteiger partial charge in [-0.3, -0.25) is 14.7 Å². The number of carbonyl (C=O) groups is 1. The summed E-state index contributed by atoms with van der Waals surface area (Å²) < 4.78 is 40.7. The van der Waals surface area contributed by atoms with Crippen LogP contribution in [0.4, 0.5) is 13.2 Å². The monoisotopic (exact) mass is 349 g/mol. The second-order valence-electron chi connectivity index (χ2n) is 5.92. The maximum absolute atomic E-state index is 13.6. The van der Waals surface area contributed by atoms with E-state index in [0.717, 1.165) is 0 Å². The molecule has 3 rings (SSSR count). The fraction of sp³-hybridized carbons (Fsp3) is 0.333. The molecule has 1 aromatic heterocycles. The third-order valence-corrected chi connectivity index (χ3v) is 4.30. The van der Waals surface area contributed by atoms with E-state index < -0.39 is 12.2 Å². The molecule has 2 aromatic rings. The lowest BCUT2D eigenvalue weighted by Gasteiger charge is -2.40. The lowest BCUT2D eigenvalue weighted by molar-refractivity contribution is -0.189. The van der Waals surface area contributed by atoms with Crippen molar-refractivity contribution in [2.75, 3.05) is 26.2 Å². The second-order valence-corrected chi connectivity index (χ2v) is 5.92. The van der Waals surface area contributed by atoms with Crippen molar-refractivity contribution in [3.05, 3.63) is 66.0 Å². The highest BCUT2D eigenvalue weighted by Crippen LogP contribution is 2.38. The number of pyridine rings is 1. The highest BCUT2D eigenvalue weighted by molar-refractivity contribution is 5.93. The van der Waals surface area contributed by atoms with Gasteiger partial charge in [-0.05, 0) is 17.7 Å². The van der Waals surface area contributed by atoms with E-state index in [2.05, 4.69) is 4.98 Å². The lowest BCUT2D eigenvalue weighted by Crippen LogP contribution is -2.52. The van der Waals surface area contributed by atoms with Crippen LogP contribution in [0.15, 0.2) is 54.9 Å². The summed E-state index contributed by atoms with van der Waals surface area (Å²) in [6, 6.07) is 9.57. The van der Waals surface area contributed by atoms with Crippen molar-refractivity contribution in [3.63, 3.8) is 0 Å². The molecule has 1 aliphatic rings. The van der Waals surface area contributed by atoms with Gasteiger partial charge < -0.3 is 4.90 Å². The van der Waals surface area contributed by atoms with Crippen molar-refractivity contribution in [2.24, 2.45) is 0 Å². The molecule has 1 atom stereocenters. The Labute approximate surface area is 143 Å². The van der Waals surface area contributed by atoms with Gasteiger partial charge in [-0.1, -0.05) is 30.3 Å². The first kappa shape index (κ1) is 17.4. The van der Waals surface area contributed by atoms with Crippen LogP contribution in [0.25, 0.3) is 0 Å². The number of hydrogen-bond acceptors (Lipinski definition) is 3. The number of aromatic nitrogens is 1. The van der Waals surface area contributed by atoms with Crippen molar-refractivity contribution < 1.29 is 18.0 Å². The molecule has 132 valence electrons. The van der Waals surface area contributed by atoms with Gasteiger partial charge >= 0.3 is 6.18 Å². The van der Waals surface area contributed by atoms with Crippen LogP contribution in [-0.2, 0) is 0 Å². The number of halogens is 3. The summed E-state index contributed by atoms with van der Waals surface area (Å²) in [7, 11) is 0. The molecule has 0 bridgehead atoms. The van der Waals surface area contributed by atoms with Crippen molar-refractivity contribution >= 4 is 5.91 Å². The SMILES string of the molecule is O=C(c1cccnc1)N1CCN(C(c2ccccc2)C(F)(F)F)CC1. The second kappa shape index (κ2) is 7.23. The van der Waals surface area contributed by atoms with Crippen LogP contribution >= 0.6 is 0 Å². The van der Waals surface area contributed by atoms with Crippen LogP contribution in [0.3, 0.4) is 0 Å². The van der Waals surface area contributed by atoms with Crippen molar-refractivity contribution in [2.45, 2.75) is 12.2 Å². The molecular formula is C18H18F3N3O. The molecule has 1 saturated heterocycles. The zero-order valence-corrected chi connectivity index (χ0v) is 13.5. The predicted octanol–water partition coefficient (Wildman–Crippen LogP) is 3.14. The lowest BCUT2D eigenvalue weighted by atomic mass is 10.0. The molecule has 0 N–H and O–H groups in total. The number of nitrogens with zero attached hydrogens (tertiary/aromatic N) is 3. The topological polar surface area (TPSA) is 36.4 Å². The fourth-order valence-corrected chi connectivity index (χ4v) is 3.10. The number of piperazine rings is 1. The molecular weight excluding hydrogens is 331 g/mol. The number of carbonyl (C=O) groups excluding carboxylic acids is 1. The minimum Gasteiger partial charge on any atom is -0.336 e. The molecule has 0 radical (unpaired) electrons. The molecule has 2 heterocycles. The zero-order valence-electron chi connectivity index (χ0n) is 13.5. The van der Waals surface area contributed by atoms with E-state index in [0.29, 0.717) is 5.56 Å². The van der Waals surface area contributed by atoms with Crippen molar-refractivity contribution in [3.8, 4) is 0 Å². The summed E-state index contributed by atoms with van der Waals surface area (Å²) in [5.74, 6) is -0.198. The van der Waals surface area contributed by atoms with Gasteiger partial charge in [0.05, 0.1) is 5.56 Å².